The Balaban J connectivity index is 2.05. The summed E-state index contributed by atoms with van der Waals surface area (Å²) in [5, 5.41) is 10.5. The number of carboxylic acids is 1. The highest BCUT2D eigenvalue weighted by atomic mass is 35.5. The van der Waals surface area contributed by atoms with Crippen molar-refractivity contribution in [1.82, 2.24) is 4.90 Å². The summed E-state index contributed by atoms with van der Waals surface area (Å²) in [7, 11) is 0. The Bertz CT molecular complexity index is 1310. The maximum Gasteiger partial charge on any atom is 0.326 e. The molecule has 0 radical (unpaired) electrons. The monoisotopic (exact) mass is 528 g/mol. The molecule has 0 fully saturated rings. The Morgan fingerprint density at radius 2 is 1.65 bits per heavy atom. The van der Waals surface area contributed by atoms with Crippen LogP contribution in [0, 0.1) is 11.6 Å². The predicted octanol–water partition coefficient (Wildman–Crippen LogP) is 5.47. The van der Waals surface area contributed by atoms with Gasteiger partial charge in [0.2, 0.25) is 5.91 Å². The molecular weight excluding hydrogens is 502 g/mol. The molecular formula is C28H27ClF2N2O4. The zero-order valence-electron chi connectivity index (χ0n) is 20.4. The molecule has 3 rings (SSSR count). The van der Waals surface area contributed by atoms with Gasteiger partial charge in [-0.1, -0.05) is 41.9 Å². The molecule has 3 aromatic carbocycles. The lowest BCUT2D eigenvalue weighted by molar-refractivity contribution is -0.144. The highest BCUT2D eigenvalue weighted by Gasteiger charge is 2.41. The van der Waals surface area contributed by atoms with E-state index in [-0.39, 0.29) is 24.8 Å². The fourth-order valence-corrected chi connectivity index (χ4v) is 4.46. The Kier molecular flexibility index (Phi) is 8.65. The van der Waals surface area contributed by atoms with Crippen molar-refractivity contribution in [1.29, 1.82) is 0 Å². The van der Waals surface area contributed by atoms with E-state index < -0.39 is 41.0 Å². The number of carbonyl (C=O) groups excluding carboxylic acids is 2. The van der Waals surface area contributed by atoms with Crippen LogP contribution >= 0.6 is 11.6 Å². The SMILES string of the molecule is CC(C)(Cc1ccc(Cl)cc1)N(C(=O)c1ccc(-c2cccc(F)c2)cc1F)[C@@H](CCC(N)=O)C(=O)O. The molecule has 0 aliphatic heterocycles. The van der Waals surface area contributed by atoms with Crippen LogP contribution in [-0.2, 0) is 16.0 Å². The van der Waals surface area contributed by atoms with E-state index in [1.54, 1.807) is 44.2 Å². The molecule has 0 aliphatic rings. The summed E-state index contributed by atoms with van der Waals surface area (Å²) in [5.41, 5.74) is 5.31. The summed E-state index contributed by atoms with van der Waals surface area (Å²) in [6, 6.07) is 14.8. The van der Waals surface area contributed by atoms with Crippen molar-refractivity contribution < 1.29 is 28.3 Å². The van der Waals surface area contributed by atoms with E-state index in [1.165, 1.54) is 30.3 Å². The van der Waals surface area contributed by atoms with Crippen LogP contribution in [-0.4, -0.2) is 39.4 Å². The first kappa shape index (κ1) is 27.8. The lowest BCUT2D eigenvalue weighted by Crippen LogP contribution is -2.57. The van der Waals surface area contributed by atoms with Crippen LogP contribution in [0.15, 0.2) is 66.7 Å². The van der Waals surface area contributed by atoms with Gasteiger partial charge < -0.3 is 15.7 Å². The van der Waals surface area contributed by atoms with Crippen molar-refractivity contribution in [3.05, 3.63) is 94.5 Å². The molecule has 1 atom stereocenters. The van der Waals surface area contributed by atoms with Crippen molar-refractivity contribution in [3.63, 3.8) is 0 Å². The van der Waals surface area contributed by atoms with Gasteiger partial charge in [0, 0.05) is 17.0 Å². The van der Waals surface area contributed by atoms with Crippen molar-refractivity contribution in [2.45, 2.75) is 44.7 Å². The zero-order valence-corrected chi connectivity index (χ0v) is 21.1. The Hall–Kier alpha value is -3.78. The summed E-state index contributed by atoms with van der Waals surface area (Å²) in [4.78, 5) is 38.6. The number of rotatable bonds is 10. The molecule has 3 N–H and O–H groups in total. The summed E-state index contributed by atoms with van der Waals surface area (Å²) >= 11 is 5.97. The van der Waals surface area contributed by atoms with Crippen LogP contribution in [0.3, 0.4) is 0 Å². The maximum atomic E-state index is 15.3. The standard InChI is InChI=1S/C28H27ClF2N2O4/c1-28(2,16-17-6-9-20(29)10-7-17)33(24(27(36)37)12-13-25(32)34)26(35)22-11-8-19(15-23(22)31)18-4-3-5-21(30)14-18/h3-11,14-15,24H,12-13,16H2,1-2H3,(H2,32,34)(H,36,37)/t24-/m0/s1. The first-order valence-corrected chi connectivity index (χ1v) is 11.9. The molecule has 37 heavy (non-hydrogen) atoms. The van der Waals surface area contributed by atoms with Crippen molar-refractivity contribution >= 4 is 29.4 Å². The summed E-state index contributed by atoms with van der Waals surface area (Å²) in [5.74, 6) is -4.32. The van der Waals surface area contributed by atoms with Crippen molar-refractivity contribution in [3.8, 4) is 11.1 Å². The fraction of sp³-hybridized carbons (Fsp3) is 0.250. The summed E-state index contributed by atoms with van der Waals surface area (Å²) in [6.45, 7) is 3.33. The van der Waals surface area contributed by atoms with Crippen LogP contribution in [0.2, 0.25) is 5.02 Å². The summed E-state index contributed by atoms with van der Waals surface area (Å²) < 4.78 is 29.0. The van der Waals surface area contributed by atoms with E-state index in [0.717, 1.165) is 16.5 Å². The minimum absolute atomic E-state index is 0.221. The van der Waals surface area contributed by atoms with Gasteiger partial charge in [0.1, 0.15) is 17.7 Å². The van der Waals surface area contributed by atoms with Gasteiger partial charge in [-0.05, 0) is 79.8 Å². The van der Waals surface area contributed by atoms with Gasteiger partial charge in [0.15, 0.2) is 0 Å². The van der Waals surface area contributed by atoms with E-state index in [1.807, 2.05) is 0 Å². The van der Waals surface area contributed by atoms with Crippen LogP contribution < -0.4 is 5.73 Å². The first-order valence-electron chi connectivity index (χ1n) is 11.5. The largest absolute Gasteiger partial charge is 0.480 e. The summed E-state index contributed by atoms with van der Waals surface area (Å²) in [6.07, 6.45) is -0.304. The Morgan fingerprint density at radius 3 is 2.22 bits per heavy atom. The average Bonchev–Trinajstić information content (AvgIpc) is 2.82. The Labute approximate surface area is 218 Å². The zero-order chi connectivity index (χ0) is 27.3. The Morgan fingerprint density at radius 1 is 1.00 bits per heavy atom. The third-order valence-corrected chi connectivity index (χ3v) is 6.29. The minimum Gasteiger partial charge on any atom is -0.480 e. The number of benzene rings is 3. The van der Waals surface area contributed by atoms with E-state index in [2.05, 4.69) is 0 Å². The highest BCUT2D eigenvalue weighted by Crippen LogP contribution is 2.30. The molecule has 2 amide bonds. The lowest BCUT2D eigenvalue weighted by atomic mass is 9.89. The lowest BCUT2D eigenvalue weighted by Gasteiger charge is -2.42. The third kappa shape index (κ3) is 6.92. The molecule has 0 heterocycles. The minimum atomic E-state index is -1.45. The number of hydrogen-bond acceptors (Lipinski definition) is 3. The third-order valence-electron chi connectivity index (χ3n) is 6.04. The van der Waals surface area contributed by atoms with Crippen LogP contribution in [0.25, 0.3) is 11.1 Å². The number of aliphatic carboxylic acids is 1. The maximum absolute atomic E-state index is 15.3. The quantitative estimate of drug-likeness (QED) is 0.364. The fourth-order valence-electron chi connectivity index (χ4n) is 4.33. The van der Waals surface area contributed by atoms with Gasteiger partial charge in [-0.25, -0.2) is 13.6 Å². The van der Waals surface area contributed by atoms with Gasteiger partial charge in [0.25, 0.3) is 5.91 Å². The number of nitrogens with zero attached hydrogens (tertiary/aromatic N) is 1. The number of amides is 2. The molecule has 9 heteroatoms. The molecule has 6 nitrogen and oxygen atoms in total. The molecule has 0 aromatic heterocycles. The molecule has 0 bridgehead atoms. The van der Waals surface area contributed by atoms with Crippen LogP contribution in [0.4, 0.5) is 8.78 Å². The van der Waals surface area contributed by atoms with Crippen molar-refractivity contribution in [2.75, 3.05) is 0 Å². The second kappa shape index (κ2) is 11.5. The number of hydrogen-bond donors (Lipinski definition) is 2. The van der Waals surface area contributed by atoms with Gasteiger partial charge >= 0.3 is 5.97 Å². The predicted molar refractivity (Wildman–Crippen MR) is 137 cm³/mol. The number of primary amides is 1. The second-order valence-electron chi connectivity index (χ2n) is 9.35. The van der Waals surface area contributed by atoms with Gasteiger partial charge in [0.05, 0.1) is 5.56 Å². The van der Waals surface area contributed by atoms with Gasteiger partial charge in [-0.15, -0.1) is 0 Å². The van der Waals surface area contributed by atoms with Gasteiger partial charge in [-0.3, -0.25) is 9.59 Å². The van der Waals surface area contributed by atoms with E-state index in [9.17, 15) is 23.9 Å². The first-order chi connectivity index (χ1) is 17.4. The number of carboxylic acid groups (broad SMARTS) is 1. The van der Waals surface area contributed by atoms with Crippen LogP contribution in [0.5, 0.6) is 0 Å². The number of halogens is 3. The van der Waals surface area contributed by atoms with E-state index >= 15 is 4.39 Å². The van der Waals surface area contributed by atoms with E-state index in [4.69, 9.17) is 17.3 Å². The normalized spacial score (nSPS) is 12.1. The molecule has 0 unspecified atom stereocenters. The second-order valence-corrected chi connectivity index (χ2v) is 9.79. The molecule has 0 saturated heterocycles. The molecule has 0 saturated carbocycles. The topological polar surface area (TPSA) is 101 Å². The number of nitrogens with two attached hydrogens (primary N) is 1. The molecule has 3 aromatic rings. The van der Waals surface area contributed by atoms with E-state index in [0.29, 0.717) is 16.1 Å². The molecule has 194 valence electrons. The molecule has 0 aliphatic carbocycles. The highest BCUT2D eigenvalue weighted by molar-refractivity contribution is 6.30. The van der Waals surface area contributed by atoms with Crippen molar-refractivity contribution in [2.24, 2.45) is 5.73 Å². The number of carbonyl (C=O) groups is 3. The average molecular weight is 529 g/mol. The smallest absolute Gasteiger partial charge is 0.326 e. The molecule has 0 spiro atoms. The van der Waals surface area contributed by atoms with Gasteiger partial charge in [-0.2, -0.15) is 0 Å². The van der Waals surface area contributed by atoms with Crippen LogP contribution in [0.1, 0.15) is 42.6 Å².